The van der Waals surface area contributed by atoms with Crippen LogP contribution in [0.3, 0.4) is 0 Å². The van der Waals surface area contributed by atoms with Gasteiger partial charge in [-0.1, -0.05) is 0 Å². The number of methoxy groups -OCH3 is 1. The number of thiazole rings is 1. The molecule has 2 heterocycles. The molecule has 1 aliphatic rings. The second-order valence-corrected chi connectivity index (χ2v) is 9.23. The van der Waals surface area contributed by atoms with Crippen LogP contribution in [0.4, 0.5) is 0 Å². The first-order valence-corrected chi connectivity index (χ1v) is 10.8. The summed E-state index contributed by atoms with van der Waals surface area (Å²) in [7, 11) is 0.251. The highest BCUT2D eigenvalue weighted by Gasteiger charge is 2.32. The number of aromatic nitrogens is 1. The van der Waals surface area contributed by atoms with E-state index in [9.17, 15) is 13.2 Å². The fourth-order valence-electron chi connectivity index (χ4n) is 2.76. The van der Waals surface area contributed by atoms with Crippen molar-refractivity contribution in [3.05, 3.63) is 41.4 Å². The van der Waals surface area contributed by atoms with Crippen molar-refractivity contribution in [3.63, 3.8) is 0 Å². The van der Waals surface area contributed by atoms with E-state index in [0.29, 0.717) is 12.1 Å². The second-order valence-electron chi connectivity index (χ2n) is 6.15. The first-order chi connectivity index (χ1) is 12.4. The molecule has 138 valence electrons. The average molecular weight is 393 g/mol. The Morgan fingerprint density at radius 2 is 2.08 bits per heavy atom. The van der Waals surface area contributed by atoms with Gasteiger partial charge in [-0.25, -0.2) is 13.4 Å². The van der Waals surface area contributed by atoms with Crippen LogP contribution in [-0.2, 0) is 14.6 Å². The molecule has 1 saturated heterocycles. The van der Waals surface area contributed by atoms with Gasteiger partial charge in [0.1, 0.15) is 10.8 Å². The molecule has 2 aromatic rings. The maximum Gasteiger partial charge on any atom is 0.246 e. The molecule has 1 aromatic carbocycles. The van der Waals surface area contributed by atoms with Crippen molar-refractivity contribution in [2.75, 3.05) is 25.7 Å². The molecule has 0 saturated carbocycles. The zero-order chi connectivity index (χ0) is 18.7. The summed E-state index contributed by atoms with van der Waals surface area (Å²) in [6, 6.07) is 7.37. The molecule has 1 amide bonds. The summed E-state index contributed by atoms with van der Waals surface area (Å²) in [5, 5.41) is 2.73. The lowest BCUT2D eigenvalue weighted by Crippen LogP contribution is -2.36. The van der Waals surface area contributed by atoms with Crippen LogP contribution in [0.2, 0.25) is 0 Å². The molecular formula is C18H20N2O4S2. The highest BCUT2D eigenvalue weighted by Crippen LogP contribution is 2.26. The fourth-order valence-corrected chi connectivity index (χ4v) is 5.33. The Kier molecular flexibility index (Phi) is 5.43. The molecule has 8 heteroatoms. The van der Waals surface area contributed by atoms with Crippen molar-refractivity contribution in [1.29, 1.82) is 0 Å². The predicted molar refractivity (Wildman–Crippen MR) is 103 cm³/mol. The molecule has 1 aliphatic heterocycles. The lowest BCUT2D eigenvalue weighted by atomic mass is 10.2. The van der Waals surface area contributed by atoms with Gasteiger partial charge in [0.15, 0.2) is 9.84 Å². The summed E-state index contributed by atoms with van der Waals surface area (Å²) in [6.07, 6.45) is 3.60. The van der Waals surface area contributed by atoms with Crippen molar-refractivity contribution in [1.82, 2.24) is 9.88 Å². The van der Waals surface area contributed by atoms with Crippen LogP contribution in [0.1, 0.15) is 12.1 Å². The van der Waals surface area contributed by atoms with Gasteiger partial charge >= 0.3 is 0 Å². The van der Waals surface area contributed by atoms with Gasteiger partial charge in [-0.3, -0.25) is 4.79 Å². The Bertz CT molecular complexity index is 917. The van der Waals surface area contributed by atoms with Crippen LogP contribution in [0, 0.1) is 0 Å². The van der Waals surface area contributed by atoms with Crippen molar-refractivity contribution in [3.8, 4) is 16.3 Å². The van der Waals surface area contributed by atoms with Crippen molar-refractivity contribution in [2.45, 2.75) is 12.5 Å². The first-order valence-electron chi connectivity index (χ1n) is 8.13. The molecule has 3 rings (SSSR count). The summed E-state index contributed by atoms with van der Waals surface area (Å²) in [4.78, 5) is 18.3. The Labute approximate surface area is 157 Å². The predicted octanol–water partition coefficient (Wildman–Crippen LogP) is 2.48. The maximum atomic E-state index is 12.3. The van der Waals surface area contributed by atoms with E-state index in [2.05, 4.69) is 4.98 Å². The fraction of sp³-hybridized carbons (Fsp3) is 0.333. The van der Waals surface area contributed by atoms with E-state index in [0.717, 1.165) is 16.3 Å². The van der Waals surface area contributed by atoms with Gasteiger partial charge in [-0.2, -0.15) is 0 Å². The second kappa shape index (κ2) is 7.59. The van der Waals surface area contributed by atoms with Crippen LogP contribution in [0.15, 0.2) is 35.7 Å². The Balaban J connectivity index is 1.65. The standard InChI is InChI=1S/C18H20N2O4S2/c1-20(15-9-10-26(22,23)12-15)17(21)8-5-14-11-25-18(19-14)13-3-6-16(24-2)7-4-13/h3-8,11,15H,9-10,12H2,1-2H3/b8-5+. The van der Waals surface area contributed by atoms with E-state index in [-0.39, 0.29) is 23.5 Å². The number of carbonyl (C=O) groups excluding carboxylic acids is 1. The number of hydrogen-bond acceptors (Lipinski definition) is 6. The number of likely N-dealkylation sites (N-methyl/N-ethyl adjacent to an activating group) is 1. The van der Waals surface area contributed by atoms with E-state index >= 15 is 0 Å². The molecule has 0 radical (unpaired) electrons. The van der Waals surface area contributed by atoms with Crippen LogP contribution >= 0.6 is 11.3 Å². The number of carbonyl (C=O) groups is 1. The first kappa shape index (κ1) is 18.6. The van der Waals surface area contributed by atoms with Gasteiger partial charge in [0.25, 0.3) is 0 Å². The summed E-state index contributed by atoms with van der Waals surface area (Å²) in [6.45, 7) is 0. The SMILES string of the molecule is COc1ccc(-c2nc(/C=C/C(=O)N(C)C3CCS(=O)(=O)C3)cs2)cc1. The Morgan fingerprint density at radius 1 is 1.35 bits per heavy atom. The summed E-state index contributed by atoms with van der Waals surface area (Å²) in [5.74, 6) is 0.761. The molecule has 0 bridgehead atoms. The highest BCUT2D eigenvalue weighted by atomic mass is 32.2. The number of hydrogen-bond donors (Lipinski definition) is 0. The van der Waals surface area contributed by atoms with E-state index in [1.165, 1.54) is 22.3 Å². The lowest BCUT2D eigenvalue weighted by Gasteiger charge is -2.21. The van der Waals surface area contributed by atoms with Gasteiger partial charge in [0.05, 0.1) is 24.3 Å². The summed E-state index contributed by atoms with van der Waals surface area (Å²) in [5.41, 5.74) is 1.68. The molecule has 6 nitrogen and oxygen atoms in total. The lowest BCUT2D eigenvalue weighted by molar-refractivity contribution is -0.126. The summed E-state index contributed by atoms with van der Waals surface area (Å²) >= 11 is 1.49. The highest BCUT2D eigenvalue weighted by molar-refractivity contribution is 7.91. The molecule has 1 aromatic heterocycles. The van der Waals surface area contributed by atoms with E-state index in [4.69, 9.17) is 4.74 Å². The van der Waals surface area contributed by atoms with E-state index in [1.54, 1.807) is 20.2 Å². The Morgan fingerprint density at radius 3 is 2.69 bits per heavy atom. The van der Waals surface area contributed by atoms with E-state index < -0.39 is 9.84 Å². The molecular weight excluding hydrogens is 372 g/mol. The van der Waals surface area contributed by atoms with Gasteiger partial charge in [-0.15, -0.1) is 11.3 Å². The van der Waals surface area contributed by atoms with E-state index in [1.807, 2.05) is 29.6 Å². The largest absolute Gasteiger partial charge is 0.497 e. The number of sulfone groups is 1. The zero-order valence-electron chi connectivity index (χ0n) is 14.6. The minimum atomic E-state index is -3.01. The number of benzene rings is 1. The normalized spacial score (nSPS) is 18.9. The van der Waals surface area contributed by atoms with Gasteiger partial charge in [-0.05, 0) is 36.8 Å². The monoisotopic (exact) mass is 392 g/mol. The molecule has 0 aliphatic carbocycles. The summed E-state index contributed by atoms with van der Waals surface area (Å²) < 4.78 is 28.3. The number of amides is 1. The van der Waals surface area contributed by atoms with Crippen molar-refractivity contribution < 1.29 is 17.9 Å². The minimum Gasteiger partial charge on any atom is -0.497 e. The maximum absolute atomic E-state index is 12.3. The smallest absolute Gasteiger partial charge is 0.246 e. The van der Waals surface area contributed by atoms with Gasteiger partial charge in [0, 0.05) is 30.1 Å². The van der Waals surface area contributed by atoms with Crippen molar-refractivity contribution in [2.24, 2.45) is 0 Å². The van der Waals surface area contributed by atoms with Crippen molar-refractivity contribution >= 4 is 33.2 Å². The topological polar surface area (TPSA) is 76.6 Å². The molecule has 0 N–H and O–H groups in total. The molecule has 26 heavy (non-hydrogen) atoms. The number of ether oxygens (including phenoxy) is 1. The molecule has 0 spiro atoms. The molecule has 1 unspecified atom stereocenters. The zero-order valence-corrected chi connectivity index (χ0v) is 16.2. The third-order valence-corrected chi connectivity index (χ3v) is 7.02. The Hall–Kier alpha value is -2.19. The van der Waals surface area contributed by atoms with Gasteiger partial charge < -0.3 is 9.64 Å². The third-order valence-electron chi connectivity index (χ3n) is 4.36. The van der Waals surface area contributed by atoms with Crippen LogP contribution in [0.25, 0.3) is 16.6 Å². The van der Waals surface area contributed by atoms with Crippen LogP contribution in [0.5, 0.6) is 5.75 Å². The third kappa shape index (κ3) is 4.31. The molecule has 1 fully saturated rings. The minimum absolute atomic E-state index is 0.0431. The van der Waals surface area contributed by atoms with Gasteiger partial charge in [0.2, 0.25) is 5.91 Å². The van der Waals surface area contributed by atoms with Crippen LogP contribution < -0.4 is 4.74 Å². The quantitative estimate of drug-likeness (QED) is 0.731. The number of nitrogens with zero attached hydrogens (tertiary/aromatic N) is 2. The number of rotatable bonds is 5. The molecule has 1 atom stereocenters. The average Bonchev–Trinajstić information content (AvgIpc) is 3.25. The van der Waals surface area contributed by atoms with Crippen LogP contribution in [-0.4, -0.2) is 55.9 Å².